The zero-order valence-corrected chi connectivity index (χ0v) is 54.6. The van der Waals surface area contributed by atoms with Gasteiger partial charge >= 0.3 is 0 Å². The zero-order chi connectivity index (χ0) is 66.6. The van der Waals surface area contributed by atoms with Gasteiger partial charge in [0.25, 0.3) is 82.2 Å². The number of non-ortho nitro benzene ring substituents is 3. The first kappa shape index (κ1) is 81.7. The molecule has 0 saturated carbocycles. The molecule has 0 aliphatic carbocycles. The Hall–Kier alpha value is -6.33. The van der Waals surface area contributed by atoms with Crippen LogP contribution in [0.4, 0.5) is 51.2 Å². The average molecular weight is 1650 g/mol. The van der Waals surface area contributed by atoms with Crippen LogP contribution in [-0.4, -0.2) is 218 Å². The van der Waals surface area contributed by atoms with E-state index in [1.165, 1.54) is 4.90 Å². The molecule has 0 aliphatic rings. The van der Waals surface area contributed by atoms with Gasteiger partial charge in [-0.3, -0.25) is 87.6 Å². The second-order valence-electron chi connectivity index (χ2n) is 16.7. The highest BCUT2D eigenvalue weighted by atomic mass is 127. The van der Waals surface area contributed by atoms with E-state index in [-0.39, 0.29) is 75.9 Å². The topological polar surface area (TPSA) is 547 Å². The first-order valence-electron chi connectivity index (χ1n) is 24.1. The van der Waals surface area contributed by atoms with Crippen LogP contribution in [0.5, 0.6) is 0 Å². The number of hydrogen-bond donors (Lipinski definition) is 6. The summed E-state index contributed by atoms with van der Waals surface area (Å²) < 4.78 is 83.1. The van der Waals surface area contributed by atoms with Crippen LogP contribution in [0.1, 0.15) is 38.5 Å². The van der Waals surface area contributed by atoms with Crippen LogP contribution in [0.25, 0.3) is 0 Å². The van der Waals surface area contributed by atoms with Gasteiger partial charge in [-0.2, -0.15) is 25.3 Å². The molecule has 45 heteroatoms. The number of carbonyl (C=O) groups is 3. The highest BCUT2D eigenvalue weighted by Gasteiger charge is 2.34. The molecule has 0 heterocycles. The molecular weight excluding hydrogens is 1590 g/mol. The number of carbonyl (C=O) groups excluding carboxylic acids is 3. The monoisotopic (exact) mass is 1650 g/mol. The Balaban J connectivity index is 0.00000129. The van der Waals surface area contributed by atoms with Gasteiger partial charge in [0.1, 0.15) is 17.1 Å². The number of rotatable bonds is 36. The van der Waals surface area contributed by atoms with Crippen molar-refractivity contribution in [3.63, 3.8) is 0 Å². The molecule has 6 N–H and O–H groups in total. The Bertz CT molecular complexity index is 3270. The summed E-state index contributed by atoms with van der Waals surface area (Å²) in [6.45, 7) is -3.04. The molecule has 3 aromatic carbocycles. The fourth-order valence-electron chi connectivity index (χ4n) is 7.07. The van der Waals surface area contributed by atoms with E-state index in [1.807, 2.05) is 22.6 Å². The molecule has 0 radical (unpaired) electrons. The van der Waals surface area contributed by atoms with Crippen LogP contribution < -0.4 is 30.7 Å². The van der Waals surface area contributed by atoms with Gasteiger partial charge in [-0.15, -0.1) is 0 Å². The van der Waals surface area contributed by atoms with Gasteiger partial charge in [-0.05, 0) is 0 Å². The number of amides is 3. The maximum atomic E-state index is 12.6. The Morgan fingerprint density at radius 3 is 0.830 bits per heavy atom. The Kier molecular flexibility index (Phi) is 36.8. The van der Waals surface area contributed by atoms with Crippen molar-refractivity contribution in [2.45, 2.75) is 7.43 Å². The van der Waals surface area contributed by atoms with E-state index in [9.17, 15) is 100 Å². The number of nitro benzene ring substituents is 6. The molecule has 0 bridgehead atoms. The molecule has 0 unspecified atom stereocenters. The summed E-state index contributed by atoms with van der Waals surface area (Å²) in [4.78, 5) is 105. The summed E-state index contributed by atoms with van der Waals surface area (Å²) in [6.07, 6.45) is 2.36. The van der Waals surface area contributed by atoms with Crippen LogP contribution in [0.2, 0.25) is 0 Å². The Morgan fingerprint density at radius 2 is 0.648 bits per heavy atom. The highest BCUT2D eigenvalue weighted by molar-refractivity contribution is 14.1. The summed E-state index contributed by atoms with van der Waals surface area (Å²) in [5.74, 6) is -2.57. The van der Waals surface area contributed by atoms with Crippen molar-refractivity contribution in [1.82, 2.24) is 16.0 Å². The van der Waals surface area contributed by atoms with Crippen LogP contribution in [0.15, 0.2) is 36.4 Å². The number of halogens is 3. The smallest absolute Gasteiger partial charge is 0.300 e. The second-order valence-corrected chi connectivity index (χ2v) is 24.8. The Labute approximate surface area is 542 Å². The third-order valence-electron chi connectivity index (χ3n) is 10.4. The SMILES string of the molecule is C.CS(=O)(=O)OCCN(CCI)c1c(C(=O)NCCO)cc([N+](=O)[O-])cc1[N+](=O)[O-].CS(=O)(=O)OCCN(CCOS(C)(=O)=O)c1c(C(=O)NCCO)cc([N+](=O)[O-])cc1[N+](=O)[O-].O=C(NCCO)c1cc([N+](=O)[O-])cc([N+](=O)[O-])c1N(CCI)CCI. The van der Waals surface area contributed by atoms with E-state index in [0.29, 0.717) is 32.4 Å². The number of nitrogens with zero attached hydrogens (tertiary/aromatic N) is 9. The summed E-state index contributed by atoms with van der Waals surface area (Å²) in [7, 11) is -11.6. The Morgan fingerprint density at radius 1 is 0.432 bits per heavy atom. The van der Waals surface area contributed by atoms with Crippen molar-refractivity contribution >= 4 is 167 Å². The number of nitro groups is 6. The van der Waals surface area contributed by atoms with E-state index < -0.39 is 163 Å². The van der Waals surface area contributed by atoms with Crippen molar-refractivity contribution in [3.05, 3.63) is 114 Å². The molecule has 3 aromatic rings. The van der Waals surface area contributed by atoms with E-state index in [2.05, 4.69) is 73.7 Å². The van der Waals surface area contributed by atoms with Crippen LogP contribution in [0.3, 0.4) is 0 Å². The zero-order valence-electron chi connectivity index (χ0n) is 45.7. The van der Waals surface area contributed by atoms with Crippen molar-refractivity contribution in [1.29, 1.82) is 0 Å². The molecule has 0 fully saturated rings. The molecule has 0 saturated heterocycles. The first-order chi connectivity index (χ1) is 40.5. The van der Waals surface area contributed by atoms with Gasteiger partial charge in [0, 0.05) is 90.4 Å². The molecule has 0 aromatic heterocycles. The van der Waals surface area contributed by atoms with E-state index >= 15 is 0 Å². The van der Waals surface area contributed by atoms with Gasteiger partial charge in [-0.25, -0.2) is 0 Å². The summed E-state index contributed by atoms with van der Waals surface area (Å²) in [5.41, 5.74) is -5.66. The van der Waals surface area contributed by atoms with Gasteiger partial charge in [0.05, 0.1) is 123 Å². The van der Waals surface area contributed by atoms with Gasteiger partial charge < -0.3 is 46.0 Å². The lowest BCUT2D eigenvalue weighted by molar-refractivity contribution is -0.394. The van der Waals surface area contributed by atoms with Crippen molar-refractivity contribution in [2.75, 3.05) is 145 Å². The fraction of sp³-hybridized carbons (Fsp3) is 0.512. The molecule has 494 valence electrons. The highest BCUT2D eigenvalue weighted by Crippen LogP contribution is 2.39. The third kappa shape index (κ3) is 28.4. The number of anilines is 3. The molecule has 0 aliphatic heterocycles. The number of benzene rings is 3. The maximum Gasteiger partial charge on any atom is 0.300 e. The van der Waals surface area contributed by atoms with E-state index in [1.54, 1.807) is 4.90 Å². The predicted molar refractivity (Wildman–Crippen MR) is 340 cm³/mol. The second kappa shape index (κ2) is 39.6. The van der Waals surface area contributed by atoms with E-state index in [4.69, 9.17) is 15.3 Å². The minimum absolute atomic E-state index is 0. The normalized spacial score (nSPS) is 11.0. The van der Waals surface area contributed by atoms with Crippen LogP contribution in [0, 0.1) is 60.7 Å². The fourth-order valence-corrected chi connectivity index (χ4v) is 9.94. The molecule has 0 spiro atoms. The summed E-state index contributed by atoms with van der Waals surface area (Å²) in [6, 6.07) is 4.88. The van der Waals surface area contributed by atoms with Gasteiger partial charge in [0.15, 0.2) is 0 Å². The number of alkyl halides is 3. The molecule has 39 nitrogen and oxygen atoms in total. The average Bonchev–Trinajstić information content (AvgIpc) is 1.11. The molecule has 3 rings (SSSR count). The summed E-state index contributed by atoms with van der Waals surface area (Å²) in [5, 5.41) is 102. The lowest BCUT2D eigenvalue weighted by Gasteiger charge is -2.26. The molecular formula is C43H61I3N12O27S3. The number of aliphatic hydroxyl groups is 3. The standard InChI is InChI=1S/C15H22N4O12S2.C14H19IN4O9S.C13H16I2N4O6.CH4/c1-32(26,27)30-7-4-17(5-8-31-33(2,28)29)14-12(15(21)16-3-6-20)9-11(18(22)23)10-13(14)19(24)25;1-29(26,27)28-7-5-17(4-2-15)13-11(14(21)16-3-6-20)8-10(18(22)23)9-12(13)19(24)25;14-1-4-17(5-2-15)12-10(13(21)16-3-6-20)7-9(18(22)23)8-11(12)19(24)25;/h9-10,20H,3-8H2,1-2H3,(H,16,21);8-9,20H,2-7H2,1H3,(H,16,21);7-8,20H,1-6H2,(H,16,21);1H4. The van der Waals surface area contributed by atoms with Crippen molar-refractivity contribution in [3.8, 4) is 0 Å². The lowest BCUT2D eigenvalue weighted by atomic mass is 10.1. The molecule has 88 heavy (non-hydrogen) atoms. The largest absolute Gasteiger partial charge is 0.395 e. The number of hydrogen-bond acceptors (Lipinski definition) is 30. The number of nitrogens with one attached hydrogen (secondary N) is 3. The van der Waals surface area contributed by atoms with Crippen LogP contribution in [-0.2, 0) is 42.9 Å². The number of aliphatic hydroxyl groups excluding tert-OH is 3. The van der Waals surface area contributed by atoms with E-state index in [0.717, 1.165) is 54.0 Å². The minimum atomic E-state index is -3.91. The van der Waals surface area contributed by atoms with Crippen molar-refractivity contribution < 1.29 is 97.0 Å². The maximum absolute atomic E-state index is 12.6. The summed E-state index contributed by atoms with van der Waals surface area (Å²) >= 11 is 6.21. The quantitative estimate of drug-likeness (QED) is 0.0159. The minimum Gasteiger partial charge on any atom is -0.395 e. The third-order valence-corrected chi connectivity index (χ3v) is 13.6. The lowest BCUT2D eigenvalue weighted by Crippen LogP contribution is -2.35. The van der Waals surface area contributed by atoms with Gasteiger partial charge in [-0.1, -0.05) is 75.2 Å². The predicted octanol–water partition coefficient (Wildman–Crippen LogP) is 1.96. The van der Waals surface area contributed by atoms with Crippen LogP contribution >= 0.6 is 67.8 Å². The molecule has 0 atom stereocenters. The first-order valence-corrected chi connectivity index (χ1v) is 34.1. The van der Waals surface area contributed by atoms with Gasteiger partial charge in [0.2, 0.25) is 0 Å². The van der Waals surface area contributed by atoms with Crippen molar-refractivity contribution in [2.24, 2.45) is 0 Å². The molecule has 3 amide bonds.